The Morgan fingerprint density at radius 3 is 2.84 bits per heavy atom. The summed E-state index contributed by atoms with van der Waals surface area (Å²) in [5.41, 5.74) is -0.310. The van der Waals surface area contributed by atoms with Crippen LogP contribution >= 0.6 is 15.9 Å². The largest absolute Gasteiger partial charge is 0.369 e. The normalized spacial score (nSPS) is 22.4. The van der Waals surface area contributed by atoms with Gasteiger partial charge in [-0.15, -0.1) is 0 Å². The molecule has 0 bridgehead atoms. The number of morpholine rings is 1. The van der Waals surface area contributed by atoms with Gasteiger partial charge in [-0.1, -0.05) is 6.07 Å². The molecule has 1 aliphatic rings. The number of carbonyl (C=O) groups excluding carboxylic acids is 1. The highest BCUT2D eigenvalue weighted by atomic mass is 79.9. The van der Waals surface area contributed by atoms with Crippen molar-refractivity contribution in [2.75, 3.05) is 13.1 Å². The Hall–Kier alpha value is -0.940. The minimum atomic E-state index is -0.510. The van der Waals surface area contributed by atoms with Crippen molar-refractivity contribution < 1.29 is 13.9 Å². The van der Waals surface area contributed by atoms with Gasteiger partial charge in [0.2, 0.25) is 0 Å². The summed E-state index contributed by atoms with van der Waals surface area (Å²) in [5.74, 6) is -0.800. The molecule has 1 atom stereocenters. The molecule has 1 aliphatic heterocycles. The second kappa shape index (κ2) is 5.21. The first-order chi connectivity index (χ1) is 8.80. The first-order valence-corrected chi connectivity index (χ1v) is 7.00. The number of rotatable bonds is 1. The van der Waals surface area contributed by atoms with Gasteiger partial charge in [-0.3, -0.25) is 4.79 Å². The van der Waals surface area contributed by atoms with Gasteiger partial charge >= 0.3 is 0 Å². The standard InChI is InChI=1S/C14H17BrFNO2/c1-9-7-17(8-14(2,3)19-9)13(18)10-5-4-6-11(15)12(10)16/h4-6,9H,7-8H2,1-3H3. The molecule has 0 saturated carbocycles. The summed E-state index contributed by atoms with van der Waals surface area (Å²) < 4.78 is 20.0. The summed E-state index contributed by atoms with van der Waals surface area (Å²) in [7, 11) is 0. The van der Waals surface area contributed by atoms with Gasteiger partial charge in [0, 0.05) is 13.1 Å². The molecule has 0 aliphatic carbocycles. The Kier molecular flexibility index (Phi) is 3.97. The monoisotopic (exact) mass is 329 g/mol. The summed E-state index contributed by atoms with van der Waals surface area (Å²) in [5, 5.41) is 0. The number of ether oxygens (including phenoxy) is 1. The van der Waals surface area contributed by atoms with Crippen LogP contribution in [0.25, 0.3) is 0 Å². The third kappa shape index (κ3) is 3.15. The van der Waals surface area contributed by atoms with E-state index in [1.807, 2.05) is 20.8 Å². The number of halogens is 2. The smallest absolute Gasteiger partial charge is 0.257 e. The van der Waals surface area contributed by atoms with Crippen LogP contribution in [0.1, 0.15) is 31.1 Å². The molecule has 2 rings (SSSR count). The van der Waals surface area contributed by atoms with Crippen LogP contribution in [0, 0.1) is 5.82 Å². The van der Waals surface area contributed by atoms with E-state index in [-0.39, 0.29) is 17.6 Å². The maximum Gasteiger partial charge on any atom is 0.257 e. The molecule has 1 aromatic rings. The minimum absolute atomic E-state index is 0.0529. The molecule has 0 radical (unpaired) electrons. The zero-order valence-corrected chi connectivity index (χ0v) is 12.8. The van der Waals surface area contributed by atoms with Crippen LogP contribution in [-0.4, -0.2) is 35.6 Å². The Labute approximate surface area is 120 Å². The first-order valence-electron chi connectivity index (χ1n) is 6.21. The lowest BCUT2D eigenvalue weighted by Gasteiger charge is -2.41. The topological polar surface area (TPSA) is 29.5 Å². The van der Waals surface area contributed by atoms with Gasteiger partial charge in [0.25, 0.3) is 5.91 Å². The predicted octanol–water partition coefficient (Wildman–Crippen LogP) is 3.23. The summed E-state index contributed by atoms with van der Waals surface area (Å²) in [6, 6.07) is 4.75. The fourth-order valence-corrected chi connectivity index (χ4v) is 2.81. The molecule has 1 aromatic carbocycles. The van der Waals surface area contributed by atoms with Crippen LogP contribution in [0.15, 0.2) is 22.7 Å². The highest BCUT2D eigenvalue weighted by molar-refractivity contribution is 9.10. The van der Waals surface area contributed by atoms with Crippen LogP contribution in [0.4, 0.5) is 4.39 Å². The van der Waals surface area contributed by atoms with Crippen molar-refractivity contribution >= 4 is 21.8 Å². The number of hydrogen-bond acceptors (Lipinski definition) is 2. The zero-order valence-electron chi connectivity index (χ0n) is 11.2. The van der Waals surface area contributed by atoms with Gasteiger partial charge in [0.15, 0.2) is 0 Å². The molecule has 1 heterocycles. The highest BCUT2D eigenvalue weighted by Gasteiger charge is 2.34. The predicted molar refractivity (Wildman–Crippen MR) is 74.6 cm³/mol. The quantitative estimate of drug-likeness (QED) is 0.791. The van der Waals surface area contributed by atoms with E-state index in [1.165, 1.54) is 6.07 Å². The summed E-state index contributed by atoms with van der Waals surface area (Å²) in [4.78, 5) is 14.1. The molecular weight excluding hydrogens is 313 g/mol. The lowest BCUT2D eigenvalue weighted by Crippen LogP contribution is -2.53. The van der Waals surface area contributed by atoms with E-state index in [9.17, 15) is 9.18 Å². The van der Waals surface area contributed by atoms with Crippen molar-refractivity contribution in [3.8, 4) is 0 Å². The average Bonchev–Trinajstić information content (AvgIpc) is 2.29. The maximum absolute atomic E-state index is 14.0. The number of carbonyl (C=O) groups is 1. The fraction of sp³-hybridized carbons (Fsp3) is 0.500. The van der Waals surface area contributed by atoms with Gasteiger partial charge in [-0.25, -0.2) is 4.39 Å². The summed E-state index contributed by atoms with van der Waals surface area (Å²) in [6.45, 7) is 6.72. The number of amides is 1. The van der Waals surface area contributed by atoms with Crippen molar-refractivity contribution in [3.63, 3.8) is 0 Å². The van der Waals surface area contributed by atoms with Crippen molar-refractivity contribution in [3.05, 3.63) is 34.1 Å². The van der Waals surface area contributed by atoms with Crippen LogP contribution in [0.2, 0.25) is 0 Å². The van der Waals surface area contributed by atoms with Gasteiger partial charge in [0.1, 0.15) is 5.82 Å². The van der Waals surface area contributed by atoms with E-state index in [1.54, 1.807) is 17.0 Å². The third-order valence-corrected chi connectivity index (χ3v) is 3.65. The van der Waals surface area contributed by atoms with E-state index < -0.39 is 11.4 Å². The number of benzene rings is 1. The zero-order chi connectivity index (χ0) is 14.2. The average molecular weight is 330 g/mol. The first kappa shape index (κ1) is 14.5. The van der Waals surface area contributed by atoms with Crippen molar-refractivity contribution in [1.82, 2.24) is 4.90 Å². The summed E-state index contributed by atoms with van der Waals surface area (Å²) >= 11 is 3.10. The van der Waals surface area contributed by atoms with Crippen LogP contribution in [0.5, 0.6) is 0 Å². The molecule has 3 nitrogen and oxygen atoms in total. The Bertz CT molecular complexity index is 504. The van der Waals surface area contributed by atoms with E-state index >= 15 is 0 Å². The molecule has 0 spiro atoms. The van der Waals surface area contributed by atoms with Crippen molar-refractivity contribution in [2.24, 2.45) is 0 Å². The molecule has 1 unspecified atom stereocenters. The van der Waals surface area contributed by atoms with E-state index in [2.05, 4.69) is 15.9 Å². The molecule has 104 valence electrons. The lowest BCUT2D eigenvalue weighted by atomic mass is 10.0. The molecular formula is C14H17BrFNO2. The summed E-state index contributed by atoms with van der Waals surface area (Å²) in [6.07, 6.45) is -0.0529. The maximum atomic E-state index is 14.0. The van der Waals surface area contributed by atoms with Crippen molar-refractivity contribution in [1.29, 1.82) is 0 Å². The molecule has 19 heavy (non-hydrogen) atoms. The minimum Gasteiger partial charge on any atom is -0.369 e. The lowest BCUT2D eigenvalue weighted by molar-refractivity contribution is -0.118. The Balaban J connectivity index is 2.26. The van der Waals surface area contributed by atoms with Crippen molar-refractivity contribution in [2.45, 2.75) is 32.5 Å². The SMILES string of the molecule is CC1CN(C(=O)c2cccc(Br)c2F)CC(C)(C)O1. The Morgan fingerprint density at radius 1 is 1.53 bits per heavy atom. The van der Waals surface area contributed by atoms with E-state index in [0.717, 1.165) is 0 Å². The Morgan fingerprint density at radius 2 is 2.21 bits per heavy atom. The van der Waals surface area contributed by atoms with Gasteiger partial charge < -0.3 is 9.64 Å². The van der Waals surface area contributed by atoms with E-state index in [0.29, 0.717) is 17.6 Å². The van der Waals surface area contributed by atoms with Crippen LogP contribution in [0.3, 0.4) is 0 Å². The van der Waals surface area contributed by atoms with Gasteiger partial charge in [0.05, 0.1) is 21.7 Å². The van der Waals surface area contributed by atoms with Crippen LogP contribution < -0.4 is 0 Å². The van der Waals surface area contributed by atoms with Crippen LogP contribution in [-0.2, 0) is 4.74 Å². The molecule has 1 saturated heterocycles. The highest BCUT2D eigenvalue weighted by Crippen LogP contribution is 2.25. The number of nitrogens with zero attached hydrogens (tertiary/aromatic N) is 1. The molecule has 0 N–H and O–H groups in total. The second-order valence-corrected chi connectivity index (χ2v) is 6.33. The number of hydrogen-bond donors (Lipinski definition) is 0. The van der Waals surface area contributed by atoms with Gasteiger partial charge in [-0.2, -0.15) is 0 Å². The molecule has 5 heteroatoms. The molecule has 1 fully saturated rings. The van der Waals surface area contributed by atoms with E-state index in [4.69, 9.17) is 4.74 Å². The second-order valence-electron chi connectivity index (χ2n) is 5.48. The molecule has 0 aromatic heterocycles. The van der Waals surface area contributed by atoms with Gasteiger partial charge in [-0.05, 0) is 48.8 Å². The molecule has 1 amide bonds. The fourth-order valence-electron chi connectivity index (χ4n) is 2.45. The third-order valence-electron chi connectivity index (χ3n) is 3.04.